The van der Waals surface area contributed by atoms with Crippen LogP contribution in [0.5, 0.6) is 5.75 Å². The van der Waals surface area contributed by atoms with Crippen molar-refractivity contribution in [1.82, 2.24) is 24.9 Å². The van der Waals surface area contributed by atoms with Gasteiger partial charge in [0, 0.05) is 48.0 Å². The van der Waals surface area contributed by atoms with E-state index in [9.17, 15) is 14.4 Å². The van der Waals surface area contributed by atoms with E-state index < -0.39 is 6.04 Å². The molecular weight excluding hydrogens is 482 g/mol. The number of carbonyl (C=O) groups is 3. The number of fused-ring (bicyclic) bond motifs is 4. The molecule has 2 fully saturated rings. The molecule has 0 aliphatic carbocycles. The first-order valence-corrected chi connectivity index (χ1v) is 13.6. The number of benzene rings is 2. The zero-order valence-electron chi connectivity index (χ0n) is 21.5. The molecule has 38 heavy (non-hydrogen) atoms. The second-order valence-corrected chi connectivity index (χ2v) is 11.1. The average Bonchev–Trinajstić information content (AvgIpc) is 3.58. The molecule has 0 saturated carbocycles. The van der Waals surface area contributed by atoms with Crippen molar-refractivity contribution in [2.24, 2.45) is 0 Å². The Bertz CT molecular complexity index is 1490. The predicted octanol–water partition coefficient (Wildman–Crippen LogP) is 2.74. The number of nitrogens with one attached hydrogen (secondary N) is 1. The lowest BCUT2D eigenvalue weighted by Crippen LogP contribution is -2.52. The van der Waals surface area contributed by atoms with Gasteiger partial charge in [-0.2, -0.15) is 5.10 Å². The minimum absolute atomic E-state index is 0.0449. The van der Waals surface area contributed by atoms with E-state index in [1.807, 2.05) is 16.9 Å². The fourth-order valence-corrected chi connectivity index (χ4v) is 6.70. The third-order valence-electron chi connectivity index (χ3n) is 8.93. The van der Waals surface area contributed by atoms with E-state index in [1.165, 1.54) is 22.0 Å². The Kier molecular flexibility index (Phi) is 5.33. The summed E-state index contributed by atoms with van der Waals surface area (Å²) in [6, 6.07) is 10.1. The number of likely N-dealkylation sites (tertiary alicyclic amines) is 1. The van der Waals surface area contributed by atoms with E-state index >= 15 is 0 Å². The molecule has 3 aromatic rings. The number of nitrogens with zero attached hydrogens (tertiary/aromatic N) is 4. The molecule has 7 rings (SSSR count). The Balaban J connectivity index is 1.07. The normalized spacial score (nSPS) is 22.6. The first-order chi connectivity index (χ1) is 18.4. The van der Waals surface area contributed by atoms with Crippen LogP contribution in [0.25, 0.3) is 10.9 Å². The standard InChI is InChI=1S/C29H31N5O4/c1-2-34-24-11-18(3-4-19(24)14-30-34)15-32-9-7-29(8-10-32)17-38-25-13-21-20(12-22(25)29)16-33(28(21)37)23-5-6-26(35)31-27(23)36/h3-4,11-14,23H,2,5-10,15-17H2,1H3,(H,31,35,36). The second-order valence-electron chi connectivity index (χ2n) is 11.1. The largest absolute Gasteiger partial charge is 0.492 e. The van der Waals surface area contributed by atoms with E-state index in [4.69, 9.17) is 4.74 Å². The molecule has 9 heteroatoms. The molecule has 3 amide bonds. The Morgan fingerprint density at radius 3 is 2.76 bits per heavy atom. The molecule has 2 aromatic carbocycles. The molecule has 2 saturated heterocycles. The van der Waals surface area contributed by atoms with Gasteiger partial charge in [-0.05, 0) is 68.6 Å². The number of carbonyl (C=O) groups excluding carboxylic acids is 3. The summed E-state index contributed by atoms with van der Waals surface area (Å²) in [7, 11) is 0. The van der Waals surface area contributed by atoms with E-state index in [0.717, 1.165) is 50.3 Å². The highest BCUT2D eigenvalue weighted by atomic mass is 16.5. The first-order valence-electron chi connectivity index (χ1n) is 13.6. The number of hydrogen-bond donors (Lipinski definition) is 1. The Labute approximate surface area is 220 Å². The van der Waals surface area contributed by atoms with Crippen LogP contribution in [0.2, 0.25) is 0 Å². The summed E-state index contributed by atoms with van der Waals surface area (Å²) in [5.41, 5.74) is 5.21. The zero-order valence-corrected chi connectivity index (χ0v) is 21.5. The van der Waals surface area contributed by atoms with Crippen LogP contribution in [-0.4, -0.2) is 63.0 Å². The maximum absolute atomic E-state index is 13.2. The SMILES string of the molecule is CCn1ncc2ccc(CN3CCC4(CC3)COc3cc5c(cc34)CN(C3CCC(=O)NC3=O)C5=O)cc21. The van der Waals surface area contributed by atoms with E-state index in [2.05, 4.69) is 46.5 Å². The molecule has 1 unspecified atom stereocenters. The van der Waals surface area contributed by atoms with Crippen LogP contribution in [0.15, 0.2) is 36.5 Å². The molecule has 4 aliphatic heterocycles. The first kappa shape index (κ1) is 23.4. The number of rotatable bonds is 4. The van der Waals surface area contributed by atoms with Crippen LogP contribution in [0.4, 0.5) is 0 Å². The Hall–Kier alpha value is -3.72. The molecule has 0 bridgehead atoms. The van der Waals surface area contributed by atoms with Crippen molar-refractivity contribution < 1.29 is 19.1 Å². The van der Waals surface area contributed by atoms with E-state index in [1.54, 1.807) is 4.90 Å². The molecule has 1 atom stereocenters. The average molecular weight is 514 g/mol. The van der Waals surface area contributed by atoms with Gasteiger partial charge in [0.25, 0.3) is 5.91 Å². The van der Waals surface area contributed by atoms with Crippen LogP contribution >= 0.6 is 0 Å². The minimum Gasteiger partial charge on any atom is -0.492 e. The van der Waals surface area contributed by atoms with Gasteiger partial charge >= 0.3 is 0 Å². The lowest BCUT2D eigenvalue weighted by molar-refractivity contribution is -0.136. The Morgan fingerprint density at radius 2 is 1.97 bits per heavy atom. The number of hydrogen-bond acceptors (Lipinski definition) is 6. The van der Waals surface area contributed by atoms with Crippen LogP contribution in [-0.2, 0) is 34.6 Å². The van der Waals surface area contributed by atoms with Crippen molar-refractivity contribution in [2.75, 3.05) is 19.7 Å². The third kappa shape index (κ3) is 3.63. The highest BCUT2D eigenvalue weighted by Gasteiger charge is 2.46. The van der Waals surface area contributed by atoms with Gasteiger partial charge in [-0.1, -0.05) is 12.1 Å². The molecule has 196 valence electrons. The van der Waals surface area contributed by atoms with Crippen molar-refractivity contribution in [3.05, 3.63) is 58.8 Å². The number of aryl methyl sites for hydroxylation is 1. The van der Waals surface area contributed by atoms with Gasteiger partial charge in [0.15, 0.2) is 0 Å². The van der Waals surface area contributed by atoms with Crippen LogP contribution < -0.4 is 10.1 Å². The summed E-state index contributed by atoms with van der Waals surface area (Å²) in [6.45, 7) is 6.88. The lowest BCUT2D eigenvalue weighted by Gasteiger charge is -2.38. The topological polar surface area (TPSA) is 96.8 Å². The van der Waals surface area contributed by atoms with E-state index in [0.29, 0.717) is 25.1 Å². The number of amides is 3. The summed E-state index contributed by atoms with van der Waals surface area (Å²) < 4.78 is 8.22. The summed E-state index contributed by atoms with van der Waals surface area (Å²) >= 11 is 0. The smallest absolute Gasteiger partial charge is 0.255 e. The molecule has 5 heterocycles. The van der Waals surface area contributed by atoms with E-state index in [-0.39, 0.29) is 29.6 Å². The van der Waals surface area contributed by atoms with Crippen molar-refractivity contribution in [3.63, 3.8) is 0 Å². The number of ether oxygens (including phenoxy) is 1. The van der Waals surface area contributed by atoms with Gasteiger partial charge < -0.3 is 9.64 Å². The summed E-state index contributed by atoms with van der Waals surface area (Å²) in [5.74, 6) is -0.00969. The van der Waals surface area contributed by atoms with Crippen LogP contribution in [0, 0.1) is 0 Å². The lowest BCUT2D eigenvalue weighted by atomic mass is 9.74. The van der Waals surface area contributed by atoms with Crippen LogP contribution in [0.1, 0.15) is 59.7 Å². The van der Waals surface area contributed by atoms with Crippen molar-refractivity contribution in [2.45, 2.75) is 63.7 Å². The summed E-state index contributed by atoms with van der Waals surface area (Å²) in [4.78, 5) is 41.3. The monoisotopic (exact) mass is 513 g/mol. The second kappa shape index (κ2) is 8.66. The van der Waals surface area contributed by atoms with Gasteiger partial charge in [0.1, 0.15) is 11.8 Å². The zero-order chi connectivity index (χ0) is 26.0. The minimum atomic E-state index is -0.601. The number of piperidine rings is 2. The van der Waals surface area contributed by atoms with Gasteiger partial charge in [0.2, 0.25) is 11.8 Å². The molecule has 9 nitrogen and oxygen atoms in total. The fraction of sp³-hybridized carbons (Fsp3) is 0.448. The highest BCUT2D eigenvalue weighted by molar-refractivity contribution is 6.05. The summed E-state index contributed by atoms with van der Waals surface area (Å²) in [6.07, 6.45) is 4.55. The molecular formula is C29H31N5O4. The Morgan fingerprint density at radius 1 is 1.13 bits per heavy atom. The molecule has 0 radical (unpaired) electrons. The molecule has 4 aliphatic rings. The van der Waals surface area contributed by atoms with Crippen LogP contribution in [0.3, 0.4) is 0 Å². The third-order valence-corrected chi connectivity index (χ3v) is 8.93. The van der Waals surface area contributed by atoms with Crippen molar-refractivity contribution in [1.29, 1.82) is 0 Å². The van der Waals surface area contributed by atoms with Crippen molar-refractivity contribution >= 4 is 28.6 Å². The van der Waals surface area contributed by atoms with Gasteiger partial charge in [-0.3, -0.25) is 29.3 Å². The number of imide groups is 1. The number of aromatic nitrogens is 2. The summed E-state index contributed by atoms with van der Waals surface area (Å²) in [5, 5.41) is 8.02. The van der Waals surface area contributed by atoms with Gasteiger partial charge in [-0.25, -0.2) is 0 Å². The maximum Gasteiger partial charge on any atom is 0.255 e. The molecule has 1 spiro atoms. The van der Waals surface area contributed by atoms with Gasteiger partial charge in [-0.15, -0.1) is 0 Å². The quantitative estimate of drug-likeness (QED) is 0.539. The maximum atomic E-state index is 13.2. The fourth-order valence-electron chi connectivity index (χ4n) is 6.70. The predicted molar refractivity (Wildman–Crippen MR) is 140 cm³/mol. The molecule has 1 aromatic heterocycles. The highest BCUT2D eigenvalue weighted by Crippen LogP contribution is 2.48. The molecule has 1 N–H and O–H groups in total. The van der Waals surface area contributed by atoms with Gasteiger partial charge in [0.05, 0.1) is 18.3 Å². The van der Waals surface area contributed by atoms with Crippen molar-refractivity contribution in [3.8, 4) is 5.75 Å².